The van der Waals surface area contributed by atoms with Gasteiger partial charge in [0, 0.05) is 28.2 Å². The van der Waals surface area contributed by atoms with Crippen molar-refractivity contribution in [3.8, 4) is 11.4 Å². The molecule has 4 rings (SSSR count). The van der Waals surface area contributed by atoms with Gasteiger partial charge in [-0.2, -0.15) is 0 Å². The number of amides is 4. The van der Waals surface area contributed by atoms with Crippen molar-refractivity contribution < 1.29 is 19.5 Å². The van der Waals surface area contributed by atoms with Gasteiger partial charge in [-0.15, -0.1) is 0 Å². The second-order valence-corrected chi connectivity index (χ2v) is 7.55. The number of nitrogens with zero attached hydrogens (tertiary/aromatic N) is 2. The maximum absolute atomic E-state index is 13.1. The van der Waals surface area contributed by atoms with Crippen molar-refractivity contribution in [2.24, 2.45) is 0 Å². The summed E-state index contributed by atoms with van der Waals surface area (Å²) < 4.78 is 1.90. The number of imide groups is 2. The van der Waals surface area contributed by atoms with Crippen LogP contribution in [0, 0.1) is 13.8 Å². The van der Waals surface area contributed by atoms with Gasteiger partial charge >= 0.3 is 6.03 Å². The maximum Gasteiger partial charge on any atom is 0.335 e. The topological polar surface area (TPSA) is 91.6 Å². The molecule has 31 heavy (non-hydrogen) atoms. The molecule has 8 heteroatoms. The zero-order chi connectivity index (χ0) is 22.3. The molecule has 0 radical (unpaired) electrons. The smallest absolute Gasteiger partial charge is 0.335 e. The molecule has 0 aliphatic carbocycles. The van der Waals surface area contributed by atoms with Crippen LogP contribution in [0.1, 0.15) is 17.0 Å². The van der Waals surface area contributed by atoms with E-state index < -0.39 is 17.8 Å². The first-order valence-corrected chi connectivity index (χ1v) is 9.79. The molecule has 0 bridgehead atoms. The van der Waals surface area contributed by atoms with Gasteiger partial charge in [-0.25, -0.2) is 9.69 Å². The summed E-state index contributed by atoms with van der Waals surface area (Å²) in [4.78, 5) is 38.7. The molecule has 0 atom stereocenters. The van der Waals surface area contributed by atoms with Gasteiger partial charge in [-0.05, 0) is 68.0 Å². The summed E-state index contributed by atoms with van der Waals surface area (Å²) in [5, 5.41) is 12.5. The Morgan fingerprint density at radius 1 is 0.968 bits per heavy atom. The predicted molar refractivity (Wildman–Crippen MR) is 117 cm³/mol. The Hall–Kier alpha value is -3.84. The Morgan fingerprint density at radius 2 is 1.68 bits per heavy atom. The molecule has 1 aromatic heterocycles. The number of phenols is 1. The van der Waals surface area contributed by atoms with Crippen molar-refractivity contribution in [1.82, 2.24) is 9.88 Å². The fraction of sp³-hybridized carbons (Fsp3) is 0.0870. The summed E-state index contributed by atoms with van der Waals surface area (Å²) in [6, 6.07) is 14.0. The number of aryl methyl sites for hydroxylation is 1. The third kappa shape index (κ3) is 3.71. The van der Waals surface area contributed by atoms with E-state index in [9.17, 15) is 19.5 Å². The first kappa shape index (κ1) is 20.4. The summed E-state index contributed by atoms with van der Waals surface area (Å²) in [5.74, 6) is -1.36. The van der Waals surface area contributed by atoms with Crippen molar-refractivity contribution in [1.29, 1.82) is 0 Å². The summed E-state index contributed by atoms with van der Waals surface area (Å²) in [5.41, 5.74) is 3.15. The summed E-state index contributed by atoms with van der Waals surface area (Å²) >= 11 is 5.89. The van der Waals surface area contributed by atoms with E-state index in [1.165, 1.54) is 18.2 Å². The number of carbonyl (C=O) groups excluding carboxylic acids is 3. The number of nitrogens with one attached hydrogen (secondary N) is 1. The minimum Gasteiger partial charge on any atom is -0.508 e. The van der Waals surface area contributed by atoms with E-state index in [1.54, 1.807) is 30.3 Å². The van der Waals surface area contributed by atoms with E-state index in [2.05, 4.69) is 5.32 Å². The van der Waals surface area contributed by atoms with Crippen molar-refractivity contribution in [3.05, 3.63) is 82.1 Å². The highest BCUT2D eigenvalue weighted by atomic mass is 35.5. The molecular formula is C23H18ClN3O4. The molecule has 0 saturated carbocycles. The van der Waals surface area contributed by atoms with Crippen molar-refractivity contribution >= 4 is 41.2 Å². The van der Waals surface area contributed by atoms with Crippen LogP contribution in [0.3, 0.4) is 0 Å². The zero-order valence-electron chi connectivity index (χ0n) is 16.7. The van der Waals surface area contributed by atoms with E-state index in [4.69, 9.17) is 11.6 Å². The highest BCUT2D eigenvalue weighted by Gasteiger charge is 2.37. The minimum atomic E-state index is -0.820. The Bertz CT molecular complexity index is 1260. The number of phenolic OH excluding ortho intramolecular Hbond substituents is 1. The number of hydrogen-bond acceptors (Lipinski definition) is 4. The van der Waals surface area contributed by atoms with E-state index in [0.717, 1.165) is 22.0 Å². The molecule has 2 N–H and O–H groups in total. The average Bonchev–Trinajstić information content (AvgIpc) is 2.99. The predicted octanol–water partition coefficient (Wildman–Crippen LogP) is 4.12. The van der Waals surface area contributed by atoms with Crippen LogP contribution in [0.15, 0.2) is 60.2 Å². The van der Waals surface area contributed by atoms with Crippen LogP contribution in [0.5, 0.6) is 5.75 Å². The molecule has 0 spiro atoms. The first-order valence-electron chi connectivity index (χ1n) is 9.41. The Labute approximate surface area is 183 Å². The number of urea groups is 1. The molecule has 7 nitrogen and oxygen atoms in total. The number of anilines is 1. The van der Waals surface area contributed by atoms with Gasteiger partial charge in [-0.1, -0.05) is 17.7 Å². The molecule has 1 aliphatic rings. The second kappa shape index (κ2) is 7.77. The van der Waals surface area contributed by atoms with E-state index >= 15 is 0 Å². The minimum absolute atomic E-state index is 0.129. The fourth-order valence-corrected chi connectivity index (χ4v) is 3.73. The van der Waals surface area contributed by atoms with E-state index in [0.29, 0.717) is 16.3 Å². The number of barbiturate groups is 1. The Morgan fingerprint density at radius 3 is 2.35 bits per heavy atom. The summed E-state index contributed by atoms with van der Waals surface area (Å²) in [7, 11) is 0. The molecule has 1 aliphatic heterocycles. The van der Waals surface area contributed by atoms with Crippen LogP contribution in [0.25, 0.3) is 11.8 Å². The van der Waals surface area contributed by atoms with E-state index in [1.807, 2.05) is 30.5 Å². The van der Waals surface area contributed by atoms with Crippen molar-refractivity contribution in [3.63, 3.8) is 0 Å². The van der Waals surface area contributed by atoms with Crippen LogP contribution in [0.2, 0.25) is 5.02 Å². The highest BCUT2D eigenvalue weighted by molar-refractivity contribution is 6.39. The van der Waals surface area contributed by atoms with Crippen LogP contribution in [-0.2, 0) is 9.59 Å². The lowest BCUT2D eigenvalue weighted by Crippen LogP contribution is -2.54. The lowest BCUT2D eigenvalue weighted by molar-refractivity contribution is -0.122. The molecule has 3 aromatic rings. The van der Waals surface area contributed by atoms with Crippen molar-refractivity contribution in [2.45, 2.75) is 13.8 Å². The normalized spacial score (nSPS) is 15.5. The lowest BCUT2D eigenvalue weighted by atomic mass is 10.1. The summed E-state index contributed by atoms with van der Waals surface area (Å²) in [6.07, 6.45) is 1.47. The number of aromatic nitrogens is 1. The fourth-order valence-electron chi connectivity index (χ4n) is 3.60. The summed E-state index contributed by atoms with van der Waals surface area (Å²) in [6.45, 7) is 3.72. The van der Waals surface area contributed by atoms with Gasteiger partial charge < -0.3 is 9.67 Å². The van der Waals surface area contributed by atoms with Crippen LogP contribution in [-0.4, -0.2) is 27.5 Å². The van der Waals surface area contributed by atoms with Gasteiger partial charge in [0.1, 0.15) is 11.3 Å². The Balaban J connectivity index is 1.76. The van der Waals surface area contributed by atoms with Gasteiger partial charge in [-0.3, -0.25) is 14.9 Å². The second-order valence-electron chi connectivity index (χ2n) is 7.12. The molecule has 2 heterocycles. The zero-order valence-corrected chi connectivity index (χ0v) is 17.5. The molecular weight excluding hydrogens is 418 g/mol. The van der Waals surface area contributed by atoms with E-state index in [-0.39, 0.29) is 11.3 Å². The molecule has 156 valence electrons. The van der Waals surface area contributed by atoms with Gasteiger partial charge in [0.2, 0.25) is 0 Å². The van der Waals surface area contributed by atoms with Crippen LogP contribution < -0.4 is 10.2 Å². The maximum atomic E-state index is 13.1. The number of halogens is 1. The molecule has 1 fully saturated rings. The number of carbonyl (C=O) groups is 3. The van der Waals surface area contributed by atoms with Crippen LogP contribution >= 0.6 is 11.6 Å². The first-order chi connectivity index (χ1) is 14.8. The average molecular weight is 436 g/mol. The third-order valence-electron chi connectivity index (χ3n) is 5.04. The molecule has 4 amide bonds. The third-order valence-corrected chi connectivity index (χ3v) is 5.30. The van der Waals surface area contributed by atoms with Gasteiger partial charge in [0.05, 0.1) is 5.69 Å². The SMILES string of the molecule is Cc1cc(C=C2C(=O)NC(=O)N(c3ccc(Cl)cc3)C2=O)c(C)n1-c1cccc(O)c1. The Kier molecular flexibility index (Phi) is 5.12. The van der Waals surface area contributed by atoms with Gasteiger partial charge in [0.15, 0.2) is 0 Å². The number of benzene rings is 2. The quantitative estimate of drug-likeness (QED) is 0.478. The molecule has 2 aromatic carbocycles. The van der Waals surface area contributed by atoms with Crippen molar-refractivity contribution in [2.75, 3.05) is 4.90 Å². The lowest BCUT2D eigenvalue weighted by Gasteiger charge is -2.26. The monoisotopic (exact) mass is 435 g/mol. The number of hydrogen-bond donors (Lipinski definition) is 2. The largest absolute Gasteiger partial charge is 0.508 e. The highest BCUT2D eigenvalue weighted by Crippen LogP contribution is 2.27. The van der Waals surface area contributed by atoms with Crippen LogP contribution in [0.4, 0.5) is 10.5 Å². The molecule has 1 saturated heterocycles. The standard InChI is InChI=1S/C23H18ClN3O4/c1-13-10-15(14(2)26(13)18-4-3-5-19(28)12-18)11-20-21(29)25-23(31)27(22(20)30)17-8-6-16(24)7-9-17/h3-12,28H,1-2H3,(H,25,29,31). The number of aromatic hydroxyl groups is 1. The molecule has 0 unspecified atom stereocenters. The number of rotatable bonds is 3. The van der Waals surface area contributed by atoms with Gasteiger partial charge in [0.25, 0.3) is 11.8 Å².